The molecule has 0 aliphatic heterocycles. The van der Waals surface area contributed by atoms with Gasteiger partial charge in [-0.25, -0.2) is 4.98 Å². The Morgan fingerprint density at radius 1 is 1.41 bits per heavy atom. The van der Waals surface area contributed by atoms with Gasteiger partial charge in [-0.3, -0.25) is 9.78 Å². The zero-order chi connectivity index (χ0) is 12.8. The second-order valence-electron chi connectivity index (χ2n) is 4.23. The molecule has 0 aliphatic rings. The molecular weight excluding hydrogens is 240 g/mol. The van der Waals surface area contributed by atoms with Crippen molar-refractivity contribution in [3.8, 4) is 0 Å². The third-order valence-corrected chi connectivity index (χ3v) is 2.23. The molecule has 0 fully saturated rings. The van der Waals surface area contributed by atoms with E-state index in [-0.39, 0.29) is 11.9 Å². The van der Waals surface area contributed by atoms with E-state index < -0.39 is 0 Å². The molecule has 0 radical (unpaired) electrons. The van der Waals surface area contributed by atoms with Crippen molar-refractivity contribution >= 4 is 23.3 Å². The number of hydrogen-bond donors (Lipinski definition) is 2. The maximum absolute atomic E-state index is 11.7. The van der Waals surface area contributed by atoms with Crippen LogP contribution in [0.2, 0.25) is 5.15 Å². The van der Waals surface area contributed by atoms with Gasteiger partial charge in [0.15, 0.2) is 0 Å². The summed E-state index contributed by atoms with van der Waals surface area (Å²) in [6.45, 7) is 6.51. The summed E-state index contributed by atoms with van der Waals surface area (Å²) in [4.78, 5) is 19.6. The molecule has 2 N–H and O–H groups in total. The second kappa shape index (κ2) is 6.39. The van der Waals surface area contributed by atoms with Gasteiger partial charge in [0.2, 0.25) is 5.91 Å². The van der Waals surface area contributed by atoms with Crippen molar-refractivity contribution in [1.82, 2.24) is 15.3 Å². The highest BCUT2D eigenvalue weighted by molar-refractivity contribution is 6.29. The van der Waals surface area contributed by atoms with Crippen molar-refractivity contribution in [3.63, 3.8) is 0 Å². The molecule has 1 aromatic rings. The van der Waals surface area contributed by atoms with Crippen molar-refractivity contribution in [2.75, 3.05) is 11.9 Å². The van der Waals surface area contributed by atoms with Gasteiger partial charge < -0.3 is 10.6 Å². The Morgan fingerprint density at radius 3 is 2.71 bits per heavy atom. The molecule has 6 heteroatoms. The van der Waals surface area contributed by atoms with Crippen molar-refractivity contribution in [1.29, 1.82) is 0 Å². The van der Waals surface area contributed by atoms with Crippen LogP contribution >= 0.6 is 11.6 Å². The molecule has 94 valence electrons. The van der Waals surface area contributed by atoms with E-state index in [9.17, 15) is 4.79 Å². The topological polar surface area (TPSA) is 66.9 Å². The van der Waals surface area contributed by atoms with E-state index in [1.165, 1.54) is 12.4 Å². The number of amides is 1. The van der Waals surface area contributed by atoms with Crippen LogP contribution < -0.4 is 10.6 Å². The summed E-state index contributed by atoms with van der Waals surface area (Å²) in [5.41, 5.74) is 0. The SMILES string of the molecule is CC(C)CNC(=O)C(C)Nc1cncc(Cl)n1. The zero-order valence-corrected chi connectivity index (χ0v) is 11.0. The van der Waals surface area contributed by atoms with Crippen LogP contribution in [-0.2, 0) is 4.79 Å². The summed E-state index contributed by atoms with van der Waals surface area (Å²) in [5.74, 6) is 0.849. The molecule has 0 aliphatic carbocycles. The molecule has 1 atom stereocenters. The summed E-state index contributed by atoms with van der Waals surface area (Å²) in [6, 6.07) is -0.374. The molecule has 1 rings (SSSR count). The van der Waals surface area contributed by atoms with Crippen molar-refractivity contribution in [2.45, 2.75) is 26.8 Å². The lowest BCUT2D eigenvalue weighted by atomic mass is 10.2. The summed E-state index contributed by atoms with van der Waals surface area (Å²) in [6.07, 6.45) is 2.97. The van der Waals surface area contributed by atoms with Gasteiger partial charge in [-0.05, 0) is 12.8 Å². The van der Waals surface area contributed by atoms with E-state index in [4.69, 9.17) is 11.6 Å². The number of anilines is 1. The highest BCUT2D eigenvalue weighted by Gasteiger charge is 2.13. The van der Waals surface area contributed by atoms with Gasteiger partial charge in [-0.15, -0.1) is 0 Å². The quantitative estimate of drug-likeness (QED) is 0.842. The average molecular weight is 257 g/mol. The maximum Gasteiger partial charge on any atom is 0.242 e. The lowest BCUT2D eigenvalue weighted by Gasteiger charge is -2.15. The molecule has 0 bridgehead atoms. The van der Waals surface area contributed by atoms with Gasteiger partial charge in [0.25, 0.3) is 0 Å². The van der Waals surface area contributed by atoms with Crippen molar-refractivity contribution < 1.29 is 4.79 Å². The number of carbonyl (C=O) groups is 1. The third-order valence-electron chi connectivity index (χ3n) is 2.05. The first-order valence-corrected chi connectivity index (χ1v) is 5.88. The van der Waals surface area contributed by atoms with Gasteiger partial charge in [0.1, 0.15) is 17.0 Å². The van der Waals surface area contributed by atoms with Crippen LogP contribution in [0.3, 0.4) is 0 Å². The Bertz CT molecular complexity index is 383. The molecule has 17 heavy (non-hydrogen) atoms. The highest BCUT2D eigenvalue weighted by atomic mass is 35.5. The lowest BCUT2D eigenvalue weighted by Crippen LogP contribution is -2.39. The molecule has 0 aromatic carbocycles. The molecule has 5 nitrogen and oxygen atoms in total. The molecule has 0 saturated heterocycles. The lowest BCUT2D eigenvalue weighted by molar-refractivity contribution is -0.121. The fraction of sp³-hybridized carbons (Fsp3) is 0.545. The normalized spacial score (nSPS) is 12.3. The van der Waals surface area contributed by atoms with Crippen LogP contribution in [0.1, 0.15) is 20.8 Å². The Morgan fingerprint density at radius 2 is 2.12 bits per heavy atom. The predicted molar refractivity (Wildman–Crippen MR) is 68.0 cm³/mol. The fourth-order valence-electron chi connectivity index (χ4n) is 1.16. The number of rotatable bonds is 5. The Hall–Kier alpha value is -1.36. The standard InChI is InChI=1S/C11H17ClN4O/c1-7(2)4-14-11(17)8(3)15-10-6-13-5-9(12)16-10/h5-8H,4H2,1-3H3,(H,14,17)(H,15,16). The number of nitrogens with zero attached hydrogens (tertiary/aromatic N) is 2. The van der Waals surface area contributed by atoms with Gasteiger partial charge >= 0.3 is 0 Å². The van der Waals surface area contributed by atoms with E-state index in [0.717, 1.165) is 0 Å². The Kier molecular flexibility index (Phi) is 5.15. The highest BCUT2D eigenvalue weighted by Crippen LogP contribution is 2.07. The molecule has 1 aromatic heterocycles. The molecule has 1 heterocycles. The number of carbonyl (C=O) groups excluding carboxylic acids is 1. The number of aromatic nitrogens is 2. The predicted octanol–water partition coefficient (Wildman–Crippen LogP) is 1.70. The summed E-state index contributed by atoms with van der Waals surface area (Å²) < 4.78 is 0. The molecule has 1 unspecified atom stereocenters. The second-order valence-corrected chi connectivity index (χ2v) is 4.62. The summed E-state index contributed by atoms with van der Waals surface area (Å²) in [7, 11) is 0. The fourth-order valence-corrected chi connectivity index (χ4v) is 1.30. The summed E-state index contributed by atoms with van der Waals surface area (Å²) in [5, 5.41) is 6.07. The largest absolute Gasteiger partial charge is 0.357 e. The van der Waals surface area contributed by atoms with Crippen LogP contribution in [-0.4, -0.2) is 28.5 Å². The third kappa shape index (κ3) is 4.99. The van der Waals surface area contributed by atoms with Crippen LogP contribution in [0.5, 0.6) is 0 Å². The first kappa shape index (κ1) is 13.7. The summed E-state index contributed by atoms with van der Waals surface area (Å²) >= 11 is 5.70. The molecular formula is C11H17ClN4O. The first-order valence-electron chi connectivity index (χ1n) is 5.51. The maximum atomic E-state index is 11.7. The van der Waals surface area contributed by atoms with Gasteiger partial charge in [-0.2, -0.15) is 0 Å². The van der Waals surface area contributed by atoms with E-state index in [1.807, 2.05) is 13.8 Å². The van der Waals surface area contributed by atoms with E-state index in [2.05, 4.69) is 20.6 Å². The van der Waals surface area contributed by atoms with Crippen LogP contribution in [0.4, 0.5) is 5.82 Å². The van der Waals surface area contributed by atoms with Gasteiger partial charge in [0, 0.05) is 6.54 Å². The van der Waals surface area contributed by atoms with E-state index in [0.29, 0.717) is 23.4 Å². The van der Waals surface area contributed by atoms with Gasteiger partial charge in [0.05, 0.1) is 12.4 Å². The van der Waals surface area contributed by atoms with Crippen LogP contribution in [0.15, 0.2) is 12.4 Å². The van der Waals surface area contributed by atoms with E-state index >= 15 is 0 Å². The molecule has 1 amide bonds. The zero-order valence-electron chi connectivity index (χ0n) is 10.2. The first-order chi connectivity index (χ1) is 7.99. The number of hydrogen-bond acceptors (Lipinski definition) is 4. The Balaban J connectivity index is 2.48. The van der Waals surface area contributed by atoms with Crippen LogP contribution in [0.25, 0.3) is 0 Å². The van der Waals surface area contributed by atoms with E-state index in [1.54, 1.807) is 6.92 Å². The smallest absolute Gasteiger partial charge is 0.242 e. The number of halogens is 1. The molecule has 0 spiro atoms. The van der Waals surface area contributed by atoms with Gasteiger partial charge in [-0.1, -0.05) is 25.4 Å². The minimum absolute atomic E-state index is 0.0690. The Labute approximate surface area is 106 Å². The monoisotopic (exact) mass is 256 g/mol. The number of nitrogens with one attached hydrogen (secondary N) is 2. The minimum atomic E-state index is -0.374. The van der Waals surface area contributed by atoms with Crippen molar-refractivity contribution in [3.05, 3.63) is 17.5 Å². The van der Waals surface area contributed by atoms with Crippen molar-refractivity contribution in [2.24, 2.45) is 5.92 Å². The average Bonchev–Trinajstić information content (AvgIpc) is 2.25. The molecule has 0 saturated carbocycles. The van der Waals surface area contributed by atoms with Crippen LogP contribution in [0, 0.1) is 5.92 Å². The minimum Gasteiger partial charge on any atom is -0.357 e.